The molecule has 3 nitrogen and oxygen atoms in total. The van der Waals surface area contributed by atoms with Gasteiger partial charge >= 0.3 is 0 Å². The number of aryl methyl sites for hydroxylation is 1. The lowest BCUT2D eigenvalue weighted by Gasteiger charge is -2.31. The largest absolute Gasteiger partial charge is 0.508 e. The van der Waals surface area contributed by atoms with Gasteiger partial charge in [-0.15, -0.1) is 0 Å². The fourth-order valence-electron chi connectivity index (χ4n) is 3.71. The fraction of sp³-hybridized carbons (Fsp3) is 0.611. The monoisotopic (exact) mass is 289 g/mol. The summed E-state index contributed by atoms with van der Waals surface area (Å²) in [5.74, 6) is 0.842. The minimum atomic E-state index is -0.0254. The van der Waals surface area contributed by atoms with E-state index in [4.69, 9.17) is 0 Å². The first kappa shape index (κ1) is 15.9. The van der Waals surface area contributed by atoms with Crippen LogP contribution in [-0.2, 0) is 0 Å². The molecule has 0 saturated heterocycles. The van der Waals surface area contributed by atoms with E-state index in [1.54, 1.807) is 18.2 Å². The van der Waals surface area contributed by atoms with Crippen molar-refractivity contribution < 1.29 is 9.90 Å². The average Bonchev–Trinajstić information content (AvgIpc) is 2.84. The minimum absolute atomic E-state index is 0.0254. The van der Waals surface area contributed by atoms with Gasteiger partial charge in [-0.05, 0) is 61.3 Å². The molecule has 1 saturated carbocycles. The fourth-order valence-corrected chi connectivity index (χ4v) is 3.71. The molecule has 0 bridgehead atoms. The van der Waals surface area contributed by atoms with Gasteiger partial charge in [-0.2, -0.15) is 0 Å². The number of benzene rings is 1. The standard InChI is InChI=1S/C18H27NO2/c1-13(2)11-18(8-4-5-9-18)12-19-17(21)16-7-6-15(20)10-14(16)3/h6-7,10,13,20H,4-5,8-9,11-12H2,1-3H3,(H,19,21). The van der Waals surface area contributed by atoms with Crippen LogP contribution in [0.4, 0.5) is 0 Å². The number of amides is 1. The zero-order valence-corrected chi connectivity index (χ0v) is 13.4. The minimum Gasteiger partial charge on any atom is -0.508 e. The van der Waals surface area contributed by atoms with Gasteiger partial charge in [0.25, 0.3) is 5.91 Å². The number of aromatic hydroxyl groups is 1. The van der Waals surface area contributed by atoms with E-state index in [0.29, 0.717) is 11.5 Å². The van der Waals surface area contributed by atoms with Crippen molar-refractivity contribution >= 4 is 5.91 Å². The van der Waals surface area contributed by atoms with Crippen molar-refractivity contribution in [3.8, 4) is 5.75 Å². The Balaban J connectivity index is 2.02. The summed E-state index contributed by atoms with van der Waals surface area (Å²) in [7, 11) is 0. The number of phenolic OH excluding ortho intramolecular Hbond substituents is 1. The van der Waals surface area contributed by atoms with Gasteiger partial charge in [0.2, 0.25) is 0 Å². The smallest absolute Gasteiger partial charge is 0.251 e. The lowest BCUT2D eigenvalue weighted by atomic mass is 9.78. The number of rotatable bonds is 5. The van der Waals surface area contributed by atoms with E-state index in [0.717, 1.165) is 12.1 Å². The zero-order valence-electron chi connectivity index (χ0n) is 13.4. The quantitative estimate of drug-likeness (QED) is 0.859. The van der Waals surface area contributed by atoms with E-state index in [1.165, 1.54) is 32.1 Å². The molecule has 1 aliphatic carbocycles. The van der Waals surface area contributed by atoms with Crippen LogP contribution in [0.2, 0.25) is 0 Å². The van der Waals surface area contributed by atoms with Gasteiger partial charge in [0.15, 0.2) is 0 Å². The maximum absolute atomic E-state index is 12.4. The number of carbonyl (C=O) groups is 1. The number of hydrogen-bond acceptors (Lipinski definition) is 2. The third kappa shape index (κ3) is 3.99. The molecule has 1 aliphatic rings. The Kier molecular flexibility index (Phi) is 4.92. The van der Waals surface area contributed by atoms with E-state index >= 15 is 0 Å². The maximum Gasteiger partial charge on any atom is 0.251 e. The molecule has 0 aliphatic heterocycles. The van der Waals surface area contributed by atoms with Crippen LogP contribution in [0.15, 0.2) is 18.2 Å². The molecule has 1 amide bonds. The van der Waals surface area contributed by atoms with Gasteiger partial charge in [0.1, 0.15) is 5.75 Å². The first-order valence-corrected chi connectivity index (χ1v) is 8.00. The molecule has 116 valence electrons. The van der Waals surface area contributed by atoms with Crippen molar-refractivity contribution in [1.82, 2.24) is 5.32 Å². The molecule has 3 heteroatoms. The SMILES string of the molecule is Cc1cc(O)ccc1C(=O)NCC1(CC(C)C)CCCC1. The molecule has 0 unspecified atom stereocenters. The Hall–Kier alpha value is -1.51. The van der Waals surface area contributed by atoms with Crippen LogP contribution < -0.4 is 5.32 Å². The molecule has 1 aromatic rings. The van der Waals surface area contributed by atoms with Crippen molar-refractivity contribution in [1.29, 1.82) is 0 Å². The summed E-state index contributed by atoms with van der Waals surface area (Å²) in [6.07, 6.45) is 6.18. The highest BCUT2D eigenvalue weighted by Crippen LogP contribution is 2.42. The molecule has 21 heavy (non-hydrogen) atoms. The molecule has 0 aromatic heterocycles. The molecular formula is C18H27NO2. The normalized spacial score (nSPS) is 17.1. The van der Waals surface area contributed by atoms with Crippen molar-refractivity contribution in [2.24, 2.45) is 11.3 Å². The number of hydrogen-bond donors (Lipinski definition) is 2. The molecular weight excluding hydrogens is 262 g/mol. The van der Waals surface area contributed by atoms with Gasteiger partial charge < -0.3 is 10.4 Å². The number of phenols is 1. The van der Waals surface area contributed by atoms with Gasteiger partial charge in [0.05, 0.1) is 0 Å². The third-order valence-electron chi connectivity index (χ3n) is 4.58. The van der Waals surface area contributed by atoms with E-state index in [2.05, 4.69) is 19.2 Å². The molecule has 0 spiro atoms. The molecule has 1 aromatic carbocycles. The summed E-state index contributed by atoms with van der Waals surface area (Å²) < 4.78 is 0. The summed E-state index contributed by atoms with van der Waals surface area (Å²) in [4.78, 5) is 12.4. The van der Waals surface area contributed by atoms with Crippen LogP contribution in [0.25, 0.3) is 0 Å². The molecule has 0 radical (unpaired) electrons. The van der Waals surface area contributed by atoms with Gasteiger partial charge in [-0.25, -0.2) is 0 Å². The molecule has 0 atom stereocenters. The van der Waals surface area contributed by atoms with Gasteiger partial charge in [-0.3, -0.25) is 4.79 Å². The highest BCUT2D eigenvalue weighted by atomic mass is 16.3. The van der Waals surface area contributed by atoms with Gasteiger partial charge in [-0.1, -0.05) is 26.7 Å². The number of nitrogens with one attached hydrogen (secondary N) is 1. The Bertz CT molecular complexity index is 502. The highest BCUT2D eigenvalue weighted by molar-refractivity contribution is 5.95. The van der Waals surface area contributed by atoms with Crippen molar-refractivity contribution in [3.05, 3.63) is 29.3 Å². The van der Waals surface area contributed by atoms with Crippen LogP contribution in [0, 0.1) is 18.3 Å². The Morgan fingerprint density at radius 1 is 1.33 bits per heavy atom. The highest BCUT2D eigenvalue weighted by Gasteiger charge is 2.34. The van der Waals surface area contributed by atoms with Crippen molar-refractivity contribution in [2.75, 3.05) is 6.54 Å². The zero-order chi connectivity index (χ0) is 15.5. The lowest BCUT2D eigenvalue weighted by Crippen LogP contribution is -2.37. The van der Waals surface area contributed by atoms with E-state index in [1.807, 2.05) is 6.92 Å². The van der Waals surface area contributed by atoms with Crippen molar-refractivity contribution in [3.63, 3.8) is 0 Å². The Morgan fingerprint density at radius 2 is 2.00 bits per heavy atom. The van der Waals surface area contributed by atoms with Crippen LogP contribution >= 0.6 is 0 Å². The molecule has 0 heterocycles. The summed E-state index contributed by atoms with van der Waals surface area (Å²) >= 11 is 0. The maximum atomic E-state index is 12.4. The van der Waals surface area contributed by atoms with E-state index < -0.39 is 0 Å². The topological polar surface area (TPSA) is 49.3 Å². The van der Waals surface area contributed by atoms with Crippen LogP contribution in [0.1, 0.15) is 61.9 Å². The van der Waals surface area contributed by atoms with E-state index in [9.17, 15) is 9.90 Å². The van der Waals surface area contributed by atoms with Crippen molar-refractivity contribution in [2.45, 2.75) is 52.9 Å². The molecule has 2 N–H and O–H groups in total. The first-order valence-electron chi connectivity index (χ1n) is 8.00. The molecule has 1 fully saturated rings. The summed E-state index contributed by atoms with van der Waals surface area (Å²) in [5.41, 5.74) is 1.76. The second kappa shape index (κ2) is 6.50. The average molecular weight is 289 g/mol. The number of carbonyl (C=O) groups excluding carboxylic acids is 1. The van der Waals surface area contributed by atoms with Crippen LogP contribution in [0.3, 0.4) is 0 Å². The second-order valence-corrected chi connectivity index (χ2v) is 6.99. The predicted octanol–water partition coefficient (Wildman–Crippen LogP) is 4.04. The molecule has 2 rings (SSSR count). The summed E-state index contributed by atoms with van der Waals surface area (Å²) in [5, 5.41) is 12.6. The Morgan fingerprint density at radius 3 is 2.57 bits per heavy atom. The summed E-state index contributed by atoms with van der Waals surface area (Å²) in [6, 6.07) is 4.90. The summed E-state index contributed by atoms with van der Waals surface area (Å²) in [6.45, 7) is 7.14. The second-order valence-electron chi connectivity index (χ2n) is 6.99. The Labute approximate surface area is 127 Å². The third-order valence-corrected chi connectivity index (χ3v) is 4.58. The predicted molar refractivity (Wildman–Crippen MR) is 85.5 cm³/mol. The first-order chi connectivity index (χ1) is 9.92. The lowest BCUT2D eigenvalue weighted by molar-refractivity contribution is 0.0921. The van der Waals surface area contributed by atoms with Crippen LogP contribution in [-0.4, -0.2) is 17.6 Å². The van der Waals surface area contributed by atoms with Crippen LogP contribution in [0.5, 0.6) is 5.75 Å². The van der Waals surface area contributed by atoms with Gasteiger partial charge in [0, 0.05) is 12.1 Å². The van der Waals surface area contributed by atoms with E-state index in [-0.39, 0.29) is 17.1 Å².